The molecule has 0 atom stereocenters. The molecule has 0 aliphatic rings. The van der Waals surface area contributed by atoms with Crippen LogP contribution in [0.1, 0.15) is 45.1 Å². The van der Waals surface area contributed by atoms with Gasteiger partial charge >= 0.3 is 0 Å². The fraction of sp³-hybridized carbons (Fsp3) is 0.421. The van der Waals surface area contributed by atoms with E-state index >= 15 is 0 Å². The van der Waals surface area contributed by atoms with Gasteiger partial charge < -0.3 is 4.90 Å². The molecule has 0 aliphatic carbocycles. The first-order chi connectivity index (χ1) is 11.8. The van der Waals surface area contributed by atoms with Gasteiger partial charge in [-0.3, -0.25) is 4.72 Å². The van der Waals surface area contributed by atoms with Crippen LogP contribution in [0, 0.1) is 0 Å². The summed E-state index contributed by atoms with van der Waals surface area (Å²) in [7, 11) is -1.62. The molecule has 1 N–H and O–H groups in total. The predicted octanol–water partition coefficient (Wildman–Crippen LogP) is 4.24. The first kappa shape index (κ1) is 19.2. The molecule has 0 saturated carbocycles. The van der Waals surface area contributed by atoms with E-state index < -0.39 is 10.0 Å². The number of nitrogens with one attached hydrogen (secondary N) is 1. The fourth-order valence-electron chi connectivity index (χ4n) is 2.43. The number of hydrogen-bond acceptors (Lipinski definition) is 4. The zero-order valence-corrected chi connectivity index (χ0v) is 16.2. The van der Waals surface area contributed by atoms with Gasteiger partial charge in [-0.2, -0.15) is 0 Å². The second-order valence-corrected chi connectivity index (χ2v) is 8.19. The number of aromatic nitrogens is 1. The summed E-state index contributed by atoms with van der Waals surface area (Å²) in [6.45, 7) is 7.25. The van der Waals surface area contributed by atoms with Crippen molar-refractivity contribution in [3.05, 3.63) is 48.2 Å². The van der Waals surface area contributed by atoms with E-state index in [0.717, 1.165) is 30.6 Å². The average Bonchev–Trinajstić information content (AvgIpc) is 2.60. The highest BCUT2D eigenvalue weighted by atomic mass is 32.2. The third-order valence-corrected chi connectivity index (χ3v) is 5.50. The molecule has 0 amide bonds. The molecule has 0 spiro atoms. The molecule has 25 heavy (non-hydrogen) atoms. The average molecular weight is 362 g/mol. The van der Waals surface area contributed by atoms with Gasteiger partial charge in [0.05, 0.1) is 16.8 Å². The Kier molecular flexibility index (Phi) is 6.42. The highest BCUT2D eigenvalue weighted by Crippen LogP contribution is 2.20. The van der Waals surface area contributed by atoms with Crippen LogP contribution in [0.3, 0.4) is 0 Å². The number of rotatable bonds is 8. The normalized spacial score (nSPS) is 11.6. The standard InChI is InChI=1S/C19H27N3O2S/c1-5-6-13-22(4)17-9-12-19(20-14-17)21-25(23,24)18-10-7-16(8-11-18)15(2)3/h7-12,14-15H,5-6,13H2,1-4H3,(H,20,21). The van der Waals surface area contributed by atoms with Crippen LogP contribution < -0.4 is 9.62 Å². The lowest BCUT2D eigenvalue weighted by atomic mass is 10.0. The maximum Gasteiger partial charge on any atom is 0.263 e. The van der Waals surface area contributed by atoms with Crippen molar-refractivity contribution in [2.45, 2.75) is 44.4 Å². The zero-order chi connectivity index (χ0) is 18.4. The molecule has 0 aliphatic heterocycles. The lowest BCUT2D eigenvalue weighted by molar-refractivity contribution is 0.601. The highest BCUT2D eigenvalue weighted by Gasteiger charge is 2.15. The molecule has 2 aromatic rings. The van der Waals surface area contributed by atoms with E-state index in [0.29, 0.717) is 11.7 Å². The van der Waals surface area contributed by atoms with Crippen LogP contribution in [-0.2, 0) is 10.0 Å². The van der Waals surface area contributed by atoms with E-state index in [1.165, 1.54) is 0 Å². The quantitative estimate of drug-likeness (QED) is 0.764. The minimum atomic E-state index is -3.63. The maximum absolute atomic E-state index is 12.5. The molecule has 2 rings (SSSR count). The second-order valence-electron chi connectivity index (χ2n) is 6.51. The second kappa shape index (κ2) is 8.34. The van der Waals surface area contributed by atoms with Gasteiger partial charge in [0.1, 0.15) is 5.82 Å². The molecule has 1 aromatic carbocycles. The van der Waals surface area contributed by atoms with Crippen molar-refractivity contribution in [1.82, 2.24) is 4.98 Å². The number of anilines is 2. The molecule has 1 aromatic heterocycles. The largest absolute Gasteiger partial charge is 0.373 e. The predicted molar refractivity (Wildman–Crippen MR) is 104 cm³/mol. The van der Waals surface area contributed by atoms with Gasteiger partial charge in [0.15, 0.2) is 0 Å². The molecule has 136 valence electrons. The van der Waals surface area contributed by atoms with Crippen LogP contribution in [0.4, 0.5) is 11.5 Å². The number of sulfonamides is 1. The van der Waals surface area contributed by atoms with Gasteiger partial charge in [0.2, 0.25) is 0 Å². The summed E-state index contributed by atoms with van der Waals surface area (Å²) < 4.78 is 27.5. The van der Waals surface area contributed by atoms with Crippen molar-refractivity contribution in [2.75, 3.05) is 23.2 Å². The third-order valence-electron chi connectivity index (χ3n) is 4.13. The zero-order valence-electron chi connectivity index (χ0n) is 15.4. The third kappa shape index (κ3) is 5.19. The van der Waals surface area contributed by atoms with E-state index in [1.807, 2.05) is 25.2 Å². The van der Waals surface area contributed by atoms with Crippen molar-refractivity contribution in [2.24, 2.45) is 0 Å². The monoisotopic (exact) mass is 361 g/mol. The van der Waals surface area contributed by atoms with Gasteiger partial charge in [-0.1, -0.05) is 39.3 Å². The summed E-state index contributed by atoms with van der Waals surface area (Å²) >= 11 is 0. The first-order valence-electron chi connectivity index (χ1n) is 8.63. The number of nitrogens with zero attached hydrogens (tertiary/aromatic N) is 2. The van der Waals surface area contributed by atoms with E-state index in [2.05, 4.69) is 35.4 Å². The van der Waals surface area contributed by atoms with Crippen molar-refractivity contribution in [1.29, 1.82) is 0 Å². The number of pyridine rings is 1. The topological polar surface area (TPSA) is 62.3 Å². The van der Waals surface area contributed by atoms with Gasteiger partial charge in [0.25, 0.3) is 10.0 Å². The summed E-state index contributed by atoms with van der Waals surface area (Å²) in [5, 5.41) is 0. The Bertz CT molecular complexity index is 769. The summed E-state index contributed by atoms with van der Waals surface area (Å²) in [6.07, 6.45) is 3.93. The van der Waals surface area contributed by atoms with Crippen molar-refractivity contribution >= 4 is 21.5 Å². The Morgan fingerprint density at radius 2 is 1.80 bits per heavy atom. The molecule has 0 saturated heterocycles. The van der Waals surface area contributed by atoms with Crippen LogP contribution >= 0.6 is 0 Å². The summed E-state index contributed by atoms with van der Waals surface area (Å²) in [5.41, 5.74) is 2.08. The first-order valence-corrected chi connectivity index (χ1v) is 10.1. The summed E-state index contributed by atoms with van der Waals surface area (Å²) in [4.78, 5) is 6.58. The Morgan fingerprint density at radius 1 is 1.12 bits per heavy atom. The van der Waals surface area contributed by atoms with Gasteiger partial charge in [-0.25, -0.2) is 13.4 Å². The van der Waals surface area contributed by atoms with Crippen molar-refractivity contribution < 1.29 is 8.42 Å². The molecule has 1 heterocycles. The van der Waals surface area contributed by atoms with E-state index in [1.54, 1.807) is 24.4 Å². The molecule has 0 radical (unpaired) electrons. The van der Waals surface area contributed by atoms with Crippen LogP contribution in [0.2, 0.25) is 0 Å². The molecular formula is C19H27N3O2S. The van der Waals surface area contributed by atoms with Crippen molar-refractivity contribution in [3.8, 4) is 0 Å². The molecule has 6 heteroatoms. The lowest BCUT2D eigenvalue weighted by Gasteiger charge is -2.18. The maximum atomic E-state index is 12.5. The fourth-order valence-corrected chi connectivity index (χ4v) is 3.43. The lowest BCUT2D eigenvalue weighted by Crippen LogP contribution is -2.19. The molecule has 5 nitrogen and oxygen atoms in total. The Balaban J connectivity index is 2.09. The Labute approximate surface area is 151 Å². The van der Waals surface area contributed by atoms with E-state index in [9.17, 15) is 8.42 Å². The van der Waals surface area contributed by atoms with Gasteiger partial charge in [-0.05, 0) is 42.2 Å². The molecular weight excluding hydrogens is 334 g/mol. The van der Waals surface area contributed by atoms with Crippen LogP contribution in [0.25, 0.3) is 0 Å². The van der Waals surface area contributed by atoms with Gasteiger partial charge in [-0.15, -0.1) is 0 Å². The highest BCUT2D eigenvalue weighted by molar-refractivity contribution is 7.92. The van der Waals surface area contributed by atoms with Crippen LogP contribution in [0.5, 0.6) is 0 Å². The summed E-state index contributed by atoms with van der Waals surface area (Å²) in [6, 6.07) is 10.5. The molecule has 0 fully saturated rings. The van der Waals surface area contributed by atoms with Crippen molar-refractivity contribution in [3.63, 3.8) is 0 Å². The van der Waals surface area contributed by atoms with Gasteiger partial charge in [0, 0.05) is 13.6 Å². The number of unbranched alkanes of at least 4 members (excludes halogenated alkanes) is 1. The van der Waals surface area contributed by atoms with E-state index in [-0.39, 0.29) is 4.90 Å². The van der Waals surface area contributed by atoms with Crippen LogP contribution in [0.15, 0.2) is 47.5 Å². The summed E-state index contributed by atoms with van der Waals surface area (Å²) in [5.74, 6) is 0.684. The van der Waals surface area contributed by atoms with Crippen LogP contribution in [-0.4, -0.2) is 27.0 Å². The SMILES string of the molecule is CCCCN(C)c1ccc(NS(=O)(=O)c2ccc(C(C)C)cc2)nc1. The Morgan fingerprint density at radius 3 is 2.32 bits per heavy atom. The van der Waals surface area contributed by atoms with E-state index in [4.69, 9.17) is 0 Å². The number of benzene rings is 1. The molecule has 0 unspecified atom stereocenters. The minimum Gasteiger partial charge on any atom is -0.373 e. The molecule has 0 bridgehead atoms. The number of hydrogen-bond donors (Lipinski definition) is 1. The Hall–Kier alpha value is -2.08. The smallest absolute Gasteiger partial charge is 0.263 e. The minimum absolute atomic E-state index is 0.239.